The summed E-state index contributed by atoms with van der Waals surface area (Å²) in [5, 5.41) is 0. The molecule has 1 aliphatic rings. The van der Waals surface area contributed by atoms with Crippen molar-refractivity contribution in [3.05, 3.63) is 24.5 Å². The Morgan fingerprint density at radius 1 is 1.25 bits per heavy atom. The molecule has 1 aromatic rings. The third-order valence-corrected chi connectivity index (χ3v) is 3.15. The van der Waals surface area contributed by atoms with Crippen LogP contribution in [0.2, 0.25) is 0 Å². The minimum atomic E-state index is 0.487. The van der Waals surface area contributed by atoms with Gasteiger partial charge in [0.2, 0.25) is 0 Å². The van der Waals surface area contributed by atoms with Crippen LogP contribution >= 0.6 is 0 Å². The summed E-state index contributed by atoms with van der Waals surface area (Å²) in [4.78, 5) is 2.10. The van der Waals surface area contributed by atoms with Crippen LogP contribution in [0.4, 0.5) is 5.69 Å². The molecule has 88 valence electrons. The van der Waals surface area contributed by atoms with Crippen LogP contribution in [0.3, 0.4) is 0 Å². The van der Waals surface area contributed by atoms with Crippen molar-refractivity contribution in [3.8, 4) is 0 Å². The zero-order valence-corrected chi connectivity index (χ0v) is 10.2. The van der Waals surface area contributed by atoms with Gasteiger partial charge < -0.3 is 9.64 Å². The summed E-state index contributed by atoms with van der Waals surface area (Å²) >= 11 is 0. The van der Waals surface area contributed by atoms with Gasteiger partial charge in [-0.05, 0) is 12.8 Å². The monoisotopic (exact) mass is 221 g/mol. The molecule has 0 radical (unpaired) electrons. The van der Waals surface area contributed by atoms with Gasteiger partial charge in [0.25, 0.3) is 6.73 Å². The number of aromatic nitrogens is 1. The van der Waals surface area contributed by atoms with Crippen molar-refractivity contribution in [2.45, 2.75) is 38.5 Å². The third-order valence-electron chi connectivity index (χ3n) is 3.15. The Morgan fingerprint density at radius 2 is 1.88 bits per heavy atom. The highest BCUT2D eigenvalue weighted by Gasteiger charge is 2.16. The topological polar surface area (TPSA) is 16.4 Å². The smallest absolute Gasteiger partial charge is 0.252 e. The largest absolute Gasteiger partial charge is 0.377 e. The van der Waals surface area contributed by atoms with Gasteiger partial charge in [0.05, 0.1) is 6.10 Å². The molecule has 0 aromatic carbocycles. The highest BCUT2D eigenvalue weighted by Crippen LogP contribution is 2.20. The Morgan fingerprint density at radius 3 is 2.44 bits per heavy atom. The molecule has 1 aromatic heterocycles. The maximum atomic E-state index is 5.84. The first-order chi connectivity index (χ1) is 7.75. The average Bonchev–Trinajstić information content (AvgIpc) is 2.80. The fourth-order valence-corrected chi connectivity index (χ4v) is 2.08. The van der Waals surface area contributed by atoms with E-state index >= 15 is 0 Å². The summed E-state index contributed by atoms with van der Waals surface area (Å²) in [7, 11) is 4.10. The molecule has 0 atom stereocenters. The van der Waals surface area contributed by atoms with Crippen LogP contribution in [0.25, 0.3) is 0 Å². The molecular formula is C13H21N2O+. The number of hydrogen-bond acceptors (Lipinski definition) is 2. The Kier molecular flexibility index (Phi) is 3.78. The van der Waals surface area contributed by atoms with E-state index in [2.05, 4.69) is 48.1 Å². The van der Waals surface area contributed by atoms with Crippen molar-refractivity contribution in [3.63, 3.8) is 0 Å². The van der Waals surface area contributed by atoms with Gasteiger partial charge >= 0.3 is 0 Å². The minimum Gasteiger partial charge on any atom is -0.377 e. The highest BCUT2D eigenvalue weighted by atomic mass is 16.5. The second-order valence-electron chi connectivity index (χ2n) is 4.67. The van der Waals surface area contributed by atoms with Crippen molar-refractivity contribution in [1.82, 2.24) is 0 Å². The number of ether oxygens (including phenoxy) is 1. The van der Waals surface area contributed by atoms with Crippen LogP contribution in [0.1, 0.15) is 25.7 Å². The molecule has 0 unspecified atom stereocenters. The molecule has 3 nitrogen and oxygen atoms in total. The molecule has 3 heteroatoms. The summed E-state index contributed by atoms with van der Waals surface area (Å²) < 4.78 is 7.93. The molecular weight excluding hydrogens is 200 g/mol. The molecule has 1 aliphatic carbocycles. The lowest BCUT2D eigenvalue weighted by Crippen LogP contribution is -2.35. The summed E-state index contributed by atoms with van der Waals surface area (Å²) in [6, 6.07) is 4.22. The predicted octanol–water partition coefficient (Wildman–Crippen LogP) is 1.96. The second-order valence-corrected chi connectivity index (χ2v) is 4.67. The van der Waals surface area contributed by atoms with Gasteiger partial charge in [-0.25, -0.2) is 0 Å². The molecule has 0 saturated heterocycles. The molecule has 1 fully saturated rings. The highest BCUT2D eigenvalue weighted by molar-refractivity contribution is 5.41. The molecule has 0 aliphatic heterocycles. The zero-order chi connectivity index (χ0) is 11.4. The van der Waals surface area contributed by atoms with Gasteiger partial charge in [-0.2, -0.15) is 4.57 Å². The lowest BCUT2D eigenvalue weighted by Gasteiger charge is -2.11. The van der Waals surface area contributed by atoms with Crippen LogP contribution in [-0.2, 0) is 11.5 Å². The first-order valence-corrected chi connectivity index (χ1v) is 6.04. The molecule has 1 heterocycles. The molecule has 1 saturated carbocycles. The van der Waals surface area contributed by atoms with Gasteiger partial charge in [-0.15, -0.1) is 0 Å². The van der Waals surface area contributed by atoms with E-state index in [0.717, 1.165) is 0 Å². The zero-order valence-electron chi connectivity index (χ0n) is 10.2. The van der Waals surface area contributed by atoms with E-state index in [1.54, 1.807) is 0 Å². The van der Waals surface area contributed by atoms with Crippen LogP contribution in [0.15, 0.2) is 24.5 Å². The van der Waals surface area contributed by atoms with Crippen LogP contribution < -0.4 is 9.47 Å². The Hall–Kier alpha value is -1.09. The minimum absolute atomic E-state index is 0.487. The Balaban J connectivity index is 1.84. The molecule has 0 spiro atoms. The van der Waals surface area contributed by atoms with E-state index in [4.69, 9.17) is 4.74 Å². The molecule has 0 amide bonds. The average molecular weight is 221 g/mol. The van der Waals surface area contributed by atoms with Crippen molar-refractivity contribution < 1.29 is 9.30 Å². The second kappa shape index (κ2) is 5.30. The number of nitrogens with zero attached hydrogens (tertiary/aromatic N) is 2. The summed E-state index contributed by atoms with van der Waals surface area (Å²) in [6.45, 7) is 0.679. The van der Waals surface area contributed by atoms with Crippen molar-refractivity contribution in [1.29, 1.82) is 0 Å². The van der Waals surface area contributed by atoms with E-state index < -0.39 is 0 Å². The Labute approximate surface area is 97.6 Å². The molecule has 16 heavy (non-hydrogen) atoms. The van der Waals surface area contributed by atoms with Gasteiger partial charge in [0.15, 0.2) is 12.4 Å². The summed E-state index contributed by atoms with van der Waals surface area (Å²) in [5.74, 6) is 0. The number of anilines is 1. The number of pyridine rings is 1. The van der Waals surface area contributed by atoms with Gasteiger partial charge in [-0.1, -0.05) is 12.8 Å². The van der Waals surface area contributed by atoms with Gasteiger partial charge in [0.1, 0.15) is 0 Å². The van der Waals surface area contributed by atoms with Crippen LogP contribution in [-0.4, -0.2) is 20.2 Å². The van der Waals surface area contributed by atoms with Crippen molar-refractivity contribution in [2.75, 3.05) is 19.0 Å². The summed E-state index contributed by atoms with van der Waals surface area (Å²) in [5.41, 5.74) is 1.22. The quantitative estimate of drug-likeness (QED) is 0.723. The standard InChI is InChI=1S/C13H21N2O/c1-14(2)12-7-9-15(10-8-12)11-16-13-5-3-4-6-13/h7-10,13H,3-6,11H2,1-2H3/q+1. The molecule has 0 bridgehead atoms. The van der Waals surface area contributed by atoms with Crippen LogP contribution in [0, 0.1) is 0 Å². The van der Waals surface area contributed by atoms with E-state index in [9.17, 15) is 0 Å². The fourth-order valence-electron chi connectivity index (χ4n) is 2.08. The van der Waals surface area contributed by atoms with E-state index in [1.807, 2.05) is 0 Å². The first-order valence-electron chi connectivity index (χ1n) is 6.04. The first kappa shape index (κ1) is 11.4. The maximum Gasteiger partial charge on any atom is 0.252 e. The predicted molar refractivity (Wildman–Crippen MR) is 64.3 cm³/mol. The number of hydrogen-bond donors (Lipinski definition) is 0. The normalized spacial score (nSPS) is 16.6. The molecule has 0 N–H and O–H groups in total. The number of rotatable bonds is 4. The van der Waals surface area contributed by atoms with Gasteiger partial charge in [0, 0.05) is 31.9 Å². The molecule has 2 rings (SSSR count). The van der Waals surface area contributed by atoms with E-state index in [0.29, 0.717) is 12.8 Å². The van der Waals surface area contributed by atoms with E-state index in [1.165, 1.54) is 31.4 Å². The van der Waals surface area contributed by atoms with Gasteiger partial charge in [-0.3, -0.25) is 0 Å². The summed E-state index contributed by atoms with van der Waals surface area (Å²) in [6.07, 6.45) is 9.76. The fraction of sp³-hybridized carbons (Fsp3) is 0.615. The van der Waals surface area contributed by atoms with Crippen LogP contribution in [0.5, 0.6) is 0 Å². The lowest BCUT2D eigenvalue weighted by atomic mass is 10.3. The Bertz CT molecular complexity index is 315. The lowest BCUT2D eigenvalue weighted by molar-refractivity contribution is -0.734. The maximum absolute atomic E-state index is 5.84. The van der Waals surface area contributed by atoms with E-state index in [-0.39, 0.29) is 0 Å². The van der Waals surface area contributed by atoms with Crippen molar-refractivity contribution >= 4 is 5.69 Å². The SMILES string of the molecule is CN(C)c1cc[n+](COC2CCCC2)cc1. The third kappa shape index (κ3) is 2.95. The van der Waals surface area contributed by atoms with Crippen molar-refractivity contribution in [2.24, 2.45) is 0 Å².